The van der Waals surface area contributed by atoms with Gasteiger partial charge >= 0.3 is 0 Å². The van der Waals surface area contributed by atoms with Gasteiger partial charge in [-0.05, 0) is 19.8 Å². The summed E-state index contributed by atoms with van der Waals surface area (Å²) in [6.45, 7) is 1.41. The minimum absolute atomic E-state index is 0.0816. The van der Waals surface area contributed by atoms with E-state index in [1.807, 2.05) is 0 Å². The predicted molar refractivity (Wildman–Crippen MR) is 60.3 cm³/mol. The van der Waals surface area contributed by atoms with E-state index in [1.165, 1.54) is 0 Å². The first kappa shape index (κ1) is 13.2. The van der Waals surface area contributed by atoms with Crippen molar-refractivity contribution in [2.45, 2.75) is 56.7 Å². The summed E-state index contributed by atoms with van der Waals surface area (Å²) in [5.74, 6) is -0.894. The van der Waals surface area contributed by atoms with Gasteiger partial charge in [0, 0.05) is 12.3 Å². The first-order valence-electron chi connectivity index (χ1n) is 6.38. The summed E-state index contributed by atoms with van der Waals surface area (Å²) < 4.78 is 11.6. The Morgan fingerprint density at radius 1 is 1.18 bits per heavy atom. The third-order valence-electron chi connectivity index (χ3n) is 3.91. The quantitative estimate of drug-likeness (QED) is 0.654. The molecule has 0 aromatic heterocycles. The highest BCUT2D eigenvalue weighted by Crippen LogP contribution is 2.45. The van der Waals surface area contributed by atoms with Crippen LogP contribution in [0.1, 0.15) is 32.6 Å². The fourth-order valence-electron chi connectivity index (χ4n) is 3.04. The molecule has 2 aliphatic rings. The molecule has 1 heterocycles. The molecule has 1 saturated heterocycles. The lowest BCUT2D eigenvalue weighted by Gasteiger charge is -2.41. The molecule has 0 aromatic carbocycles. The smallest absolute Gasteiger partial charge is 0.174 e. The molecule has 3 N–H and O–H groups in total. The maximum atomic E-state index is 9.84. The predicted octanol–water partition coefficient (Wildman–Crippen LogP) is 0.0223. The van der Waals surface area contributed by atoms with Gasteiger partial charge in [0.2, 0.25) is 0 Å². The first-order chi connectivity index (χ1) is 8.13. The first-order valence-corrected chi connectivity index (χ1v) is 6.38. The second-order valence-corrected chi connectivity index (χ2v) is 5.08. The molecule has 0 radical (unpaired) electrons. The van der Waals surface area contributed by atoms with Crippen molar-refractivity contribution in [3.8, 4) is 0 Å². The largest absolute Gasteiger partial charge is 0.394 e. The van der Waals surface area contributed by atoms with E-state index in [4.69, 9.17) is 9.47 Å². The highest BCUT2D eigenvalue weighted by atomic mass is 16.8. The van der Waals surface area contributed by atoms with Crippen molar-refractivity contribution in [3.05, 3.63) is 0 Å². The van der Waals surface area contributed by atoms with Crippen LogP contribution in [0, 0.1) is 5.92 Å². The zero-order chi connectivity index (χ0) is 12.5. The van der Waals surface area contributed by atoms with Crippen LogP contribution in [0.25, 0.3) is 0 Å². The van der Waals surface area contributed by atoms with Gasteiger partial charge in [-0.2, -0.15) is 0 Å². The highest BCUT2D eigenvalue weighted by Gasteiger charge is 2.54. The minimum atomic E-state index is -0.812. The van der Waals surface area contributed by atoms with Crippen LogP contribution in [0.5, 0.6) is 0 Å². The fourth-order valence-corrected chi connectivity index (χ4v) is 3.04. The van der Waals surface area contributed by atoms with Gasteiger partial charge in [0.05, 0.1) is 19.3 Å². The van der Waals surface area contributed by atoms with E-state index >= 15 is 0 Å². The maximum absolute atomic E-state index is 9.84. The molecular weight excluding hydrogens is 224 g/mol. The van der Waals surface area contributed by atoms with Gasteiger partial charge < -0.3 is 24.8 Å². The van der Waals surface area contributed by atoms with Crippen LogP contribution in [-0.2, 0) is 9.47 Å². The van der Waals surface area contributed by atoms with Crippen molar-refractivity contribution in [1.29, 1.82) is 0 Å². The van der Waals surface area contributed by atoms with Gasteiger partial charge in [0.15, 0.2) is 5.79 Å². The molecule has 1 aliphatic carbocycles. The van der Waals surface area contributed by atoms with Crippen molar-refractivity contribution in [1.82, 2.24) is 0 Å². The van der Waals surface area contributed by atoms with Crippen LogP contribution >= 0.6 is 0 Å². The number of hydrogen-bond donors (Lipinski definition) is 3. The number of aliphatic hydroxyl groups excluding tert-OH is 3. The van der Waals surface area contributed by atoms with E-state index in [9.17, 15) is 15.3 Å². The summed E-state index contributed by atoms with van der Waals surface area (Å²) in [4.78, 5) is 0. The van der Waals surface area contributed by atoms with E-state index in [0.29, 0.717) is 0 Å². The standard InChI is InChI=1S/C12H22O5/c1-8(15)9-4-2-3-5-12(9)16-10(6-13)11(7-14)17-12/h8-11,13-15H,2-7H2,1H3. The molecule has 1 saturated carbocycles. The highest BCUT2D eigenvalue weighted by molar-refractivity contribution is 4.94. The Labute approximate surface area is 101 Å². The molecule has 2 fully saturated rings. The average Bonchev–Trinajstić information content (AvgIpc) is 2.68. The Morgan fingerprint density at radius 3 is 2.24 bits per heavy atom. The van der Waals surface area contributed by atoms with Crippen LogP contribution in [0.4, 0.5) is 0 Å². The topological polar surface area (TPSA) is 79.2 Å². The molecule has 5 nitrogen and oxygen atoms in total. The van der Waals surface area contributed by atoms with Crippen LogP contribution in [0.15, 0.2) is 0 Å². The number of ether oxygens (including phenoxy) is 2. The van der Waals surface area contributed by atoms with Gasteiger partial charge in [-0.15, -0.1) is 0 Å². The Morgan fingerprint density at radius 2 is 1.76 bits per heavy atom. The lowest BCUT2D eigenvalue weighted by Crippen LogP contribution is -2.47. The normalized spacial score (nSPS) is 44.1. The monoisotopic (exact) mass is 246 g/mol. The number of aliphatic hydroxyl groups is 3. The van der Waals surface area contributed by atoms with Crippen molar-refractivity contribution in [3.63, 3.8) is 0 Å². The summed E-state index contributed by atoms with van der Waals surface area (Å²) in [7, 11) is 0. The van der Waals surface area contributed by atoms with Crippen LogP contribution in [-0.4, -0.2) is 52.6 Å². The maximum Gasteiger partial charge on any atom is 0.174 e. The molecule has 4 unspecified atom stereocenters. The fraction of sp³-hybridized carbons (Fsp3) is 1.00. The number of rotatable bonds is 3. The van der Waals surface area contributed by atoms with Crippen molar-refractivity contribution < 1.29 is 24.8 Å². The van der Waals surface area contributed by atoms with Crippen LogP contribution in [0.2, 0.25) is 0 Å². The van der Waals surface area contributed by atoms with E-state index < -0.39 is 24.1 Å². The molecule has 0 amide bonds. The molecule has 4 atom stereocenters. The van der Waals surface area contributed by atoms with E-state index in [2.05, 4.69) is 0 Å². The van der Waals surface area contributed by atoms with E-state index in [0.717, 1.165) is 25.7 Å². The Balaban J connectivity index is 2.16. The van der Waals surface area contributed by atoms with Crippen molar-refractivity contribution in [2.75, 3.05) is 13.2 Å². The Kier molecular flexibility index (Phi) is 4.05. The SMILES string of the molecule is CC(O)C1CCCCC12OC(CO)C(CO)O2. The molecule has 0 aromatic rings. The molecule has 1 spiro atoms. The minimum Gasteiger partial charge on any atom is -0.394 e. The molecule has 2 rings (SSSR count). The van der Waals surface area contributed by atoms with Crippen LogP contribution in [0.3, 0.4) is 0 Å². The lowest BCUT2D eigenvalue weighted by molar-refractivity contribution is -0.247. The zero-order valence-electron chi connectivity index (χ0n) is 10.2. The van der Waals surface area contributed by atoms with E-state index in [1.54, 1.807) is 6.92 Å². The van der Waals surface area contributed by atoms with Gasteiger partial charge in [-0.3, -0.25) is 0 Å². The second-order valence-electron chi connectivity index (χ2n) is 5.08. The van der Waals surface area contributed by atoms with Gasteiger partial charge in [-0.25, -0.2) is 0 Å². The third kappa shape index (κ3) is 2.35. The van der Waals surface area contributed by atoms with Crippen LogP contribution < -0.4 is 0 Å². The second kappa shape index (κ2) is 5.20. The third-order valence-corrected chi connectivity index (χ3v) is 3.91. The summed E-state index contributed by atoms with van der Waals surface area (Å²) in [6.07, 6.45) is 2.13. The average molecular weight is 246 g/mol. The zero-order valence-corrected chi connectivity index (χ0v) is 10.2. The molecule has 5 heteroatoms. The Hall–Kier alpha value is -0.200. The van der Waals surface area contributed by atoms with E-state index in [-0.39, 0.29) is 19.1 Å². The number of hydrogen-bond acceptors (Lipinski definition) is 5. The molecule has 100 valence electrons. The van der Waals surface area contributed by atoms with Gasteiger partial charge in [0.25, 0.3) is 0 Å². The van der Waals surface area contributed by atoms with Crippen molar-refractivity contribution >= 4 is 0 Å². The summed E-state index contributed by atoms with van der Waals surface area (Å²) >= 11 is 0. The molecule has 0 bridgehead atoms. The lowest BCUT2D eigenvalue weighted by atomic mass is 9.80. The summed E-state index contributed by atoms with van der Waals surface area (Å²) in [5.41, 5.74) is 0. The summed E-state index contributed by atoms with van der Waals surface area (Å²) in [6, 6.07) is 0. The molecule has 17 heavy (non-hydrogen) atoms. The molecule has 1 aliphatic heterocycles. The molecular formula is C12H22O5. The van der Waals surface area contributed by atoms with Gasteiger partial charge in [0.1, 0.15) is 12.2 Å². The van der Waals surface area contributed by atoms with Crippen molar-refractivity contribution in [2.24, 2.45) is 5.92 Å². The summed E-state index contributed by atoms with van der Waals surface area (Å²) in [5, 5.41) is 28.3. The van der Waals surface area contributed by atoms with Gasteiger partial charge in [-0.1, -0.05) is 6.42 Å². The Bertz CT molecular complexity index is 243.